The first-order valence-corrected chi connectivity index (χ1v) is 19.9. The van der Waals surface area contributed by atoms with Crippen molar-refractivity contribution in [2.24, 2.45) is 0 Å². The van der Waals surface area contributed by atoms with Crippen molar-refractivity contribution in [3.8, 4) is 5.75 Å². The van der Waals surface area contributed by atoms with Crippen LogP contribution in [-0.2, 0) is 32.6 Å². The van der Waals surface area contributed by atoms with E-state index in [4.69, 9.17) is 4.74 Å². The van der Waals surface area contributed by atoms with Gasteiger partial charge in [-0.2, -0.15) is 0 Å². The Bertz CT molecular complexity index is 1800. The number of benzene rings is 4. The molecule has 1 atom stereocenters. The summed E-state index contributed by atoms with van der Waals surface area (Å²) in [6, 6.07) is 29.6. The maximum absolute atomic E-state index is 14.7. The van der Waals surface area contributed by atoms with E-state index in [-0.39, 0.29) is 29.8 Å². The van der Waals surface area contributed by atoms with Crippen LogP contribution in [0.15, 0.2) is 117 Å². The monoisotopic (exact) mass is 763 g/mol. The van der Waals surface area contributed by atoms with Crippen LogP contribution in [0.3, 0.4) is 0 Å². The Kier molecular flexibility index (Phi) is 12.8. The van der Waals surface area contributed by atoms with E-state index >= 15 is 0 Å². The van der Waals surface area contributed by atoms with Gasteiger partial charge in [0.2, 0.25) is 11.8 Å². The second-order valence-electron chi connectivity index (χ2n) is 12.0. The van der Waals surface area contributed by atoms with Crippen LogP contribution in [0, 0.1) is 0 Å². The fourth-order valence-electron chi connectivity index (χ4n) is 6.03. The van der Waals surface area contributed by atoms with E-state index in [1.54, 1.807) is 48.5 Å². The zero-order valence-electron chi connectivity index (χ0n) is 27.8. The summed E-state index contributed by atoms with van der Waals surface area (Å²) < 4.78 is 36.3. The van der Waals surface area contributed by atoms with E-state index in [9.17, 15) is 18.0 Å². The molecule has 0 aliphatic heterocycles. The Morgan fingerprint density at radius 1 is 0.918 bits per heavy atom. The first-order chi connectivity index (χ1) is 23.7. The summed E-state index contributed by atoms with van der Waals surface area (Å²) in [6.45, 7) is 1.91. The molecule has 0 radical (unpaired) electrons. The lowest BCUT2D eigenvalue weighted by Crippen LogP contribution is -2.54. The Hall–Kier alpha value is -3.80. The third-order valence-corrected chi connectivity index (χ3v) is 11.6. The number of nitrogens with zero attached hydrogens (tertiary/aromatic N) is 2. The molecule has 0 saturated heterocycles. The minimum atomic E-state index is -4.21. The van der Waals surface area contributed by atoms with Crippen molar-refractivity contribution < 1.29 is 22.7 Å². The van der Waals surface area contributed by atoms with Crippen LogP contribution >= 0.6 is 27.7 Å². The Balaban J connectivity index is 1.56. The summed E-state index contributed by atoms with van der Waals surface area (Å²) >= 11 is 5.04. The molecule has 258 valence electrons. The molecule has 1 fully saturated rings. The lowest BCUT2D eigenvalue weighted by atomic mass is 10.0. The molecule has 1 N–H and O–H groups in total. The Morgan fingerprint density at radius 2 is 1.59 bits per heavy atom. The lowest BCUT2D eigenvalue weighted by molar-refractivity contribution is -0.140. The van der Waals surface area contributed by atoms with Crippen LogP contribution in [0.5, 0.6) is 5.75 Å². The third-order valence-electron chi connectivity index (χ3n) is 8.58. The summed E-state index contributed by atoms with van der Waals surface area (Å²) in [5, 5.41) is 3.21. The largest absolute Gasteiger partial charge is 0.494 e. The van der Waals surface area contributed by atoms with Gasteiger partial charge in [0.05, 0.1) is 17.2 Å². The number of ether oxygens (including phenoxy) is 1. The maximum Gasteiger partial charge on any atom is 0.264 e. The smallest absolute Gasteiger partial charge is 0.264 e. The van der Waals surface area contributed by atoms with Gasteiger partial charge in [0, 0.05) is 28.4 Å². The summed E-state index contributed by atoms with van der Waals surface area (Å²) in [4.78, 5) is 31.4. The highest BCUT2D eigenvalue weighted by Crippen LogP contribution is 2.29. The standard InChI is InChI=1S/C38H42BrN3O5S2/c1-3-47-33-18-16-32(17-19-33)42(49(45,46)35-22-20-34(48-2)21-23-35)27-37(43)41(26-29-12-9-13-30(39)24-29)36(25-28-10-5-4-6-11-28)38(44)40-31-14-7-8-15-31/h4-6,9-13,16-24,31,36H,3,7-8,14-15,25-27H2,1-2H3,(H,40,44)/t36-/m0/s1. The van der Waals surface area contributed by atoms with Crippen molar-refractivity contribution in [2.75, 3.05) is 23.7 Å². The maximum atomic E-state index is 14.7. The summed E-state index contributed by atoms with van der Waals surface area (Å²) in [5.41, 5.74) is 2.01. The second kappa shape index (κ2) is 17.2. The van der Waals surface area contributed by atoms with Gasteiger partial charge in [-0.05, 0) is 97.8 Å². The zero-order chi connectivity index (χ0) is 34.8. The molecule has 0 unspecified atom stereocenters. The van der Waals surface area contributed by atoms with Gasteiger partial charge >= 0.3 is 0 Å². The highest BCUT2D eigenvalue weighted by molar-refractivity contribution is 9.10. The molecule has 0 aromatic heterocycles. The molecule has 1 saturated carbocycles. The van der Waals surface area contributed by atoms with E-state index in [1.165, 1.54) is 16.7 Å². The third kappa shape index (κ3) is 9.67. The SMILES string of the molecule is CCOc1ccc(N(CC(=O)N(Cc2cccc(Br)c2)[C@@H](Cc2ccccc2)C(=O)NC2CCCC2)S(=O)(=O)c2ccc(SC)cc2)cc1. The number of hydrogen-bond donors (Lipinski definition) is 1. The molecular weight excluding hydrogens is 722 g/mol. The number of amides is 2. The van der Waals surface area contributed by atoms with E-state index < -0.39 is 28.5 Å². The molecule has 11 heteroatoms. The topological polar surface area (TPSA) is 96.0 Å². The van der Waals surface area contributed by atoms with Crippen molar-refractivity contribution in [3.05, 3.63) is 119 Å². The average Bonchev–Trinajstić information content (AvgIpc) is 3.62. The number of rotatable bonds is 15. The molecule has 1 aliphatic carbocycles. The Morgan fingerprint density at radius 3 is 2.22 bits per heavy atom. The van der Waals surface area contributed by atoms with Crippen molar-refractivity contribution in [3.63, 3.8) is 0 Å². The molecule has 1 aliphatic rings. The molecule has 0 spiro atoms. The number of carbonyl (C=O) groups excluding carboxylic acids is 2. The van der Waals surface area contributed by atoms with Gasteiger partial charge in [0.1, 0.15) is 18.3 Å². The average molecular weight is 765 g/mol. The fourth-order valence-corrected chi connectivity index (χ4v) is 8.30. The number of anilines is 1. The normalized spacial score (nSPS) is 13.9. The molecule has 2 amide bonds. The van der Waals surface area contributed by atoms with E-state index in [1.807, 2.05) is 67.8 Å². The van der Waals surface area contributed by atoms with Gasteiger partial charge in [0.25, 0.3) is 10.0 Å². The highest BCUT2D eigenvalue weighted by atomic mass is 79.9. The number of sulfonamides is 1. The summed E-state index contributed by atoms with van der Waals surface area (Å²) in [6.07, 6.45) is 6.06. The van der Waals surface area contributed by atoms with E-state index in [0.717, 1.165) is 50.5 Å². The minimum Gasteiger partial charge on any atom is -0.494 e. The first-order valence-electron chi connectivity index (χ1n) is 16.5. The van der Waals surface area contributed by atoms with Gasteiger partial charge in [-0.1, -0.05) is 71.2 Å². The van der Waals surface area contributed by atoms with Gasteiger partial charge in [-0.25, -0.2) is 8.42 Å². The molecule has 8 nitrogen and oxygen atoms in total. The van der Waals surface area contributed by atoms with Gasteiger partial charge in [-0.3, -0.25) is 13.9 Å². The van der Waals surface area contributed by atoms with Crippen LogP contribution < -0.4 is 14.4 Å². The quantitative estimate of drug-likeness (QED) is 0.126. The highest BCUT2D eigenvalue weighted by Gasteiger charge is 2.35. The van der Waals surface area contributed by atoms with Crippen LogP contribution in [0.2, 0.25) is 0 Å². The predicted octanol–water partition coefficient (Wildman–Crippen LogP) is 7.46. The van der Waals surface area contributed by atoms with E-state index in [2.05, 4.69) is 21.2 Å². The van der Waals surface area contributed by atoms with Crippen molar-refractivity contribution in [1.29, 1.82) is 0 Å². The molecule has 4 aromatic carbocycles. The molecule has 4 aromatic rings. The van der Waals surface area contributed by atoms with Gasteiger partial charge in [0.15, 0.2) is 0 Å². The lowest BCUT2D eigenvalue weighted by Gasteiger charge is -2.34. The number of nitrogens with one attached hydrogen (secondary N) is 1. The first kappa shape index (κ1) is 36.5. The fraction of sp³-hybridized carbons (Fsp3) is 0.316. The van der Waals surface area contributed by atoms with Crippen molar-refractivity contribution in [1.82, 2.24) is 10.2 Å². The summed E-state index contributed by atoms with van der Waals surface area (Å²) in [5.74, 6) is -0.162. The Labute approximate surface area is 302 Å². The number of hydrogen-bond acceptors (Lipinski definition) is 6. The zero-order valence-corrected chi connectivity index (χ0v) is 31.0. The summed E-state index contributed by atoms with van der Waals surface area (Å²) in [7, 11) is -4.21. The van der Waals surface area contributed by atoms with Crippen molar-refractivity contribution in [2.45, 2.75) is 67.4 Å². The molecule has 0 heterocycles. The number of carbonyl (C=O) groups is 2. The van der Waals surface area contributed by atoms with Crippen LogP contribution in [0.1, 0.15) is 43.7 Å². The van der Waals surface area contributed by atoms with Crippen LogP contribution in [-0.4, -0.2) is 56.6 Å². The predicted molar refractivity (Wildman–Crippen MR) is 199 cm³/mol. The second-order valence-corrected chi connectivity index (χ2v) is 15.6. The van der Waals surface area contributed by atoms with Crippen LogP contribution in [0.4, 0.5) is 5.69 Å². The van der Waals surface area contributed by atoms with Gasteiger partial charge in [-0.15, -0.1) is 11.8 Å². The molecule has 49 heavy (non-hydrogen) atoms. The van der Waals surface area contributed by atoms with E-state index in [0.29, 0.717) is 18.0 Å². The number of thioether (sulfide) groups is 1. The van der Waals surface area contributed by atoms with Gasteiger partial charge < -0.3 is 15.0 Å². The molecular formula is C38H42BrN3O5S2. The minimum absolute atomic E-state index is 0.0404. The van der Waals surface area contributed by atoms with Crippen molar-refractivity contribution >= 4 is 55.2 Å². The molecule has 5 rings (SSSR count). The number of halogens is 1. The van der Waals surface area contributed by atoms with Crippen LogP contribution in [0.25, 0.3) is 0 Å². The molecule has 0 bridgehead atoms.